The number of hydrogen-bond donors (Lipinski definition) is 1. The van der Waals surface area contributed by atoms with Crippen molar-refractivity contribution in [1.29, 1.82) is 0 Å². The summed E-state index contributed by atoms with van der Waals surface area (Å²) in [5.74, 6) is 0.132. The van der Waals surface area contributed by atoms with Gasteiger partial charge < -0.3 is 10.2 Å². The monoisotopic (exact) mass is 312 g/mol. The SMILES string of the molecule is C[C@@H]1CNCCN1C(=O)[C@@H]1C[C@@H]1c1ccc(C(F)(F)F)cc1. The second-order valence-corrected chi connectivity index (χ2v) is 6.15. The average molecular weight is 312 g/mol. The minimum absolute atomic E-state index is 0.0665. The Kier molecular flexibility index (Phi) is 3.89. The Labute approximate surface area is 127 Å². The van der Waals surface area contributed by atoms with Crippen LogP contribution in [0.2, 0.25) is 0 Å². The smallest absolute Gasteiger partial charge is 0.337 e. The van der Waals surface area contributed by atoms with E-state index in [4.69, 9.17) is 0 Å². The van der Waals surface area contributed by atoms with Gasteiger partial charge in [-0.1, -0.05) is 12.1 Å². The lowest BCUT2D eigenvalue weighted by atomic mass is 10.1. The predicted molar refractivity (Wildman–Crippen MR) is 76.3 cm³/mol. The first-order valence-electron chi connectivity index (χ1n) is 7.56. The largest absolute Gasteiger partial charge is 0.416 e. The Morgan fingerprint density at radius 1 is 1.27 bits per heavy atom. The summed E-state index contributed by atoms with van der Waals surface area (Å²) < 4.78 is 37.7. The highest BCUT2D eigenvalue weighted by Crippen LogP contribution is 2.49. The molecule has 2 aliphatic rings. The molecular weight excluding hydrogens is 293 g/mol. The minimum Gasteiger partial charge on any atom is -0.337 e. The van der Waals surface area contributed by atoms with E-state index in [1.54, 1.807) is 0 Å². The summed E-state index contributed by atoms with van der Waals surface area (Å²) in [5.41, 5.74) is 0.185. The van der Waals surface area contributed by atoms with Gasteiger partial charge in [0.2, 0.25) is 5.91 Å². The van der Waals surface area contributed by atoms with Gasteiger partial charge in [-0.25, -0.2) is 0 Å². The summed E-state index contributed by atoms with van der Waals surface area (Å²) in [5, 5.41) is 3.24. The van der Waals surface area contributed by atoms with Gasteiger partial charge in [-0.05, 0) is 37.0 Å². The number of hydrogen-bond acceptors (Lipinski definition) is 2. The fourth-order valence-electron chi connectivity index (χ4n) is 3.14. The minimum atomic E-state index is -4.31. The highest BCUT2D eigenvalue weighted by atomic mass is 19.4. The maximum absolute atomic E-state index is 12.6. The second-order valence-electron chi connectivity index (χ2n) is 6.15. The molecule has 3 rings (SSSR count). The van der Waals surface area contributed by atoms with Crippen molar-refractivity contribution in [3.8, 4) is 0 Å². The molecule has 1 aromatic carbocycles. The Hall–Kier alpha value is -1.56. The molecular formula is C16H19F3N2O. The van der Waals surface area contributed by atoms with Gasteiger partial charge in [-0.15, -0.1) is 0 Å². The van der Waals surface area contributed by atoms with Crippen molar-refractivity contribution in [3.63, 3.8) is 0 Å². The zero-order valence-corrected chi connectivity index (χ0v) is 12.4. The standard InChI is InChI=1S/C16H19F3N2O/c1-10-9-20-6-7-21(10)15(22)14-8-13(14)11-2-4-12(5-3-11)16(17,18)19/h2-5,10,13-14,20H,6-9H2,1H3/t10-,13-,14-/m1/s1. The van der Waals surface area contributed by atoms with Gasteiger partial charge in [-0.2, -0.15) is 13.2 Å². The van der Waals surface area contributed by atoms with Crippen molar-refractivity contribution in [2.24, 2.45) is 5.92 Å². The molecule has 1 aromatic rings. The maximum atomic E-state index is 12.6. The molecule has 3 atom stereocenters. The van der Waals surface area contributed by atoms with Crippen LogP contribution in [0.4, 0.5) is 13.2 Å². The van der Waals surface area contributed by atoms with Crippen LogP contribution in [-0.2, 0) is 11.0 Å². The third-order valence-electron chi connectivity index (χ3n) is 4.56. The maximum Gasteiger partial charge on any atom is 0.416 e. The molecule has 1 saturated heterocycles. The highest BCUT2D eigenvalue weighted by molar-refractivity contribution is 5.83. The normalized spacial score (nSPS) is 28.5. The van der Waals surface area contributed by atoms with Crippen LogP contribution >= 0.6 is 0 Å². The van der Waals surface area contributed by atoms with Crippen molar-refractivity contribution < 1.29 is 18.0 Å². The lowest BCUT2D eigenvalue weighted by Gasteiger charge is -2.34. The van der Waals surface area contributed by atoms with E-state index >= 15 is 0 Å². The molecule has 3 nitrogen and oxygen atoms in total. The molecule has 1 amide bonds. The lowest BCUT2D eigenvalue weighted by Crippen LogP contribution is -2.52. The molecule has 0 unspecified atom stereocenters. The predicted octanol–water partition coefficient (Wildman–Crippen LogP) is 2.63. The van der Waals surface area contributed by atoms with Crippen molar-refractivity contribution in [3.05, 3.63) is 35.4 Å². The fraction of sp³-hybridized carbons (Fsp3) is 0.562. The van der Waals surface area contributed by atoms with Crippen molar-refractivity contribution in [2.45, 2.75) is 31.5 Å². The van der Waals surface area contributed by atoms with Crippen LogP contribution in [0.1, 0.15) is 30.4 Å². The Bertz CT molecular complexity index is 556. The summed E-state index contributed by atoms with van der Waals surface area (Å²) in [6, 6.07) is 5.38. The van der Waals surface area contributed by atoms with Crippen molar-refractivity contribution in [2.75, 3.05) is 19.6 Å². The number of halogens is 3. The zero-order valence-electron chi connectivity index (χ0n) is 12.4. The molecule has 120 valence electrons. The molecule has 22 heavy (non-hydrogen) atoms. The molecule has 1 N–H and O–H groups in total. The highest BCUT2D eigenvalue weighted by Gasteiger charge is 2.46. The molecule has 1 aliphatic carbocycles. The topological polar surface area (TPSA) is 32.3 Å². The number of rotatable bonds is 2. The van der Waals surface area contributed by atoms with Gasteiger partial charge in [0, 0.05) is 31.6 Å². The summed E-state index contributed by atoms with van der Waals surface area (Å²) in [6.45, 7) is 4.31. The van der Waals surface area contributed by atoms with Crippen LogP contribution in [0.5, 0.6) is 0 Å². The third kappa shape index (κ3) is 2.97. The number of amides is 1. The van der Waals surface area contributed by atoms with Gasteiger partial charge >= 0.3 is 6.18 Å². The summed E-state index contributed by atoms with van der Waals surface area (Å²) >= 11 is 0. The Morgan fingerprint density at radius 2 is 1.95 bits per heavy atom. The number of nitrogens with one attached hydrogen (secondary N) is 1. The number of alkyl halides is 3. The third-order valence-corrected chi connectivity index (χ3v) is 4.56. The first-order chi connectivity index (χ1) is 10.4. The molecule has 1 saturated carbocycles. The van der Waals surface area contributed by atoms with E-state index in [2.05, 4.69) is 5.32 Å². The summed E-state index contributed by atoms with van der Waals surface area (Å²) in [7, 11) is 0. The van der Waals surface area contributed by atoms with Crippen LogP contribution in [0.15, 0.2) is 24.3 Å². The summed E-state index contributed by atoms with van der Waals surface area (Å²) in [6.07, 6.45) is -3.58. The van der Waals surface area contributed by atoms with Gasteiger partial charge in [0.15, 0.2) is 0 Å². The van der Waals surface area contributed by atoms with Crippen LogP contribution in [0, 0.1) is 5.92 Å². The van der Waals surface area contributed by atoms with E-state index in [1.165, 1.54) is 12.1 Å². The summed E-state index contributed by atoms with van der Waals surface area (Å²) in [4.78, 5) is 14.4. The van der Waals surface area contributed by atoms with Crippen LogP contribution in [0.3, 0.4) is 0 Å². The molecule has 0 radical (unpaired) electrons. The number of benzene rings is 1. The van der Waals surface area contributed by atoms with Crippen molar-refractivity contribution in [1.82, 2.24) is 10.2 Å². The molecule has 1 heterocycles. The second kappa shape index (κ2) is 5.57. The average Bonchev–Trinajstić information content (AvgIpc) is 3.27. The van der Waals surface area contributed by atoms with E-state index < -0.39 is 11.7 Å². The number of piperazine rings is 1. The van der Waals surface area contributed by atoms with Crippen molar-refractivity contribution >= 4 is 5.91 Å². The van der Waals surface area contributed by atoms with Crippen LogP contribution in [0.25, 0.3) is 0 Å². The van der Waals surface area contributed by atoms with E-state index in [0.717, 1.165) is 37.2 Å². The molecule has 2 fully saturated rings. The van der Waals surface area contributed by atoms with Gasteiger partial charge in [0.25, 0.3) is 0 Å². The number of carbonyl (C=O) groups is 1. The van der Waals surface area contributed by atoms with E-state index in [9.17, 15) is 18.0 Å². The van der Waals surface area contributed by atoms with Gasteiger partial charge in [0.1, 0.15) is 0 Å². The van der Waals surface area contributed by atoms with Gasteiger partial charge in [-0.3, -0.25) is 4.79 Å². The zero-order chi connectivity index (χ0) is 15.9. The van der Waals surface area contributed by atoms with E-state index in [0.29, 0.717) is 6.54 Å². The molecule has 0 bridgehead atoms. The first kappa shape index (κ1) is 15.3. The van der Waals surface area contributed by atoms with Crippen LogP contribution < -0.4 is 5.32 Å². The molecule has 6 heteroatoms. The number of nitrogens with zero attached hydrogens (tertiary/aromatic N) is 1. The lowest BCUT2D eigenvalue weighted by molar-refractivity contribution is -0.138. The van der Waals surface area contributed by atoms with Crippen LogP contribution in [-0.4, -0.2) is 36.5 Å². The molecule has 0 aromatic heterocycles. The molecule has 1 aliphatic heterocycles. The number of carbonyl (C=O) groups excluding carboxylic acids is 1. The van der Waals surface area contributed by atoms with E-state index in [-0.39, 0.29) is 23.8 Å². The fourth-order valence-corrected chi connectivity index (χ4v) is 3.14. The van der Waals surface area contributed by atoms with E-state index in [1.807, 2.05) is 11.8 Å². The molecule has 0 spiro atoms. The Morgan fingerprint density at radius 3 is 2.55 bits per heavy atom. The quantitative estimate of drug-likeness (QED) is 0.910. The Balaban J connectivity index is 1.65. The van der Waals surface area contributed by atoms with Gasteiger partial charge in [0.05, 0.1) is 5.56 Å². The first-order valence-corrected chi connectivity index (χ1v) is 7.56.